The third-order valence-corrected chi connectivity index (χ3v) is 4.38. The summed E-state index contributed by atoms with van der Waals surface area (Å²) in [5.41, 5.74) is -0.841. The Morgan fingerprint density at radius 1 is 1.25 bits per heavy atom. The number of aliphatic hydroxyl groups is 1. The van der Waals surface area contributed by atoms with Crippen molar-refractivity contribution in [3.05, 3.63) is 21.9 Å². The van der Waals surface area contributed by atoms with Gasteiger partial charge in [0.05, 0.1) is 17.0 Å². The van der Waals surface area contributed by atoms with Crippen LogP contribution in [0.2, 0.25) is 0 Å². The Balaban J connectivity index is 2.54. The Morgan fingerprint density at radius 3 is 2.45 bits per heavy atom. The van der Waals surface area contributed by atoms with Gasteiger partial charge < -0.3 is 15.7 Å². The van der Waals surface area contributed by atoms with Gasteiger partial charge in [-0.05, 0) is 25.0 Å². The van der Waals surface area contributed by atoms with Crippen molar-refractivity contribution in [2.24, 2.45) is 0 Å². The van der Waals surface area contributed by atoms with Crippen molar-refractivity contribution < 1.29 is 14.7 Å². The minimum Gasteiger partial charge on any atom is -0.388 e. The van der Waals surface area contributed by atoms with Crippen LogP contribution in [-0.2, 0) is 11.3 Å². The number of carbonyl (C=O) groups excluding carboxylic acids is 2. The molecule has 3 N–H and O–H groups in total. The molecule has 0 unspecified atom stereocenters. The number of thiophene rings is 1. The molecule has 20 heavy (non-hydrogen) atoms. The minimum absolute atomic E-state index is 0.0969. The zero-order valence-electron chi connectivity index (χ0n) is 12.2. The second-order valence-electron chi connectivity index (χ2n) is 4.79. The summed E-state index contributed by atoms with van der Waals surface area (Å²) in [5.74, 6) is -0.287. The summed E-state index contributed by atoms with van der Waals surface area (Å²) in [5, 5.41) is 15.6. The predicted molar refractivity (Wildman–Crippen MR) is 79.7 cm³/mol. The highest BCUT2D eigenvalue weighted by Gasteiger charge is 2.23. The van der Waals surface area contributed by atoms with E-state index in [4.69, 9.17) is 0 Å². The van der Waals surface area contributed by atoms with Crippen LogP contribution >= 0.6 is 11.3 Å². The summed E-state index contributed by atoms with van der Waals surface area (Å²) in [6.07, 6.45) is 1.20. The minimum atomic E-state index is -0.841. The fourth-order valence-electron chi connectivity index (χ4n) is 1.64. The van der Waals surface area contributed by atoms with Crippen LogP contribution in [0.1, 0.15) is 48.2 Å². The molecule has 1 heterocycles. The van der Waals surface area contributed by atoms with Crippen LogP contribution in [0.3, 0.4) is 0 Å². The van der Waals surface area contributed by atoms with Gasteiger partial charge in [0.1, 0.15) is 0 Å². The lowest BCUT2D eigenvalue weighted by atomic mass is 9.98. The van der Waals surface area contributed by atoms with E-state index in [9.17, 15) is 14.7 Å². The van der Waals surface area contributed by atoms with Crippen molar-refractivity contribution in [1.29, 1.82) is 0 Å². The maximum Gasteiger partial charge on any atom is 0.261 e. The molecule has 0 radical (unpaired) electrons. The first-order chi connectivity index (χ1) is 9.40. The Kier molecular flexibility index (Phi) is 6.16. The van der Waals surface area contributed by atoms with E-state index in [1.165, 1.54) is 18.3 Å². The lowest BCUT2D eigenvalue weighted by molar-refractivity contribution is -0.119. The molecule has 0 bridgehead atoms. The lowest BCUT2D eigenvalue weighted by Crippen LogP contribution is -2.41. The molecule has 0 atom stereocenters. The standard InChI is InChI=1S/C14H22N2O3S/c1-4-14(19,5-2)9-16-13(18)12-7-6-11(20-12)8-15-10(3)17/h6-7,19H,4-5,8-9H2,1-3H3,(H,15,17)(H,16,18). The zero-order valence-corrected chi connectivity index (χ0v) is 13.0. The number of hydrogen-bond acceptors (Lipinski definition) is 4. The average Bonchev–Trinajstić information content (AvgIpc) is 2.91. The monoisotopic (exact) mass is 298 g/mol. The van der Waals surface area contributed by atoms with Crippen LogP contribution in [0.25, 0.3) is 0 Å². The molecule has 1 aromatic rings. The van der Waals surface area contributed by atoms with Crippen LogP contribution in [-0.4, -0.2) is 29.1 Å². The van der Waals surface area contributed by atoms with Crippen molar-refractivity contribution in [2.75, 3.05) is 6.54 Å². The summed E-state index contributed by atoms with van der Waals surface area (Å²) < 4.78 is 0. The number of hydrogen-bond donors (Lipinski definition) is 3. The van der Waals surface area contributed by atoms with Gasteiger partial charge in [0, 0.05) is 18.3 Å². The fraction of sp³-hybridized carbons (Fsp3) is 0.571. The maximum atomic E-state index is 12.0. The normalized spacial score (nSPS) is 11.2. The molecule has 1 aromatic heterocycles. The highest BCUT2D eigenvalue weighted by Crippen LogP contribution is 2.17. The van der Waals surface area contributed by atoms with Gasteiger partial charge in [-0.15, -0.1) is 11.3 Å². The van der Waals surface area contributed by atoms with Gasteiger partial charge in [0.15, 0.2) is 0 Å². The highest BCUT2D eigenvalue weighted by molar-refractivity contribution is 7.14. The topological polar surface area (TPSA) is 78.4 Å². The third-order valence-electron chi connectivity index (χ3n) is 3.29. The summed E-state index contributed by atoms with van der Waals surface area (Å²) in [7, 11) is 0. The van der Waals surface area contributed by atoms with Gasteiger partial charge in [0.2, 0.25) is 5.91 Å². The summed E-state index contributed by atoms with van der Waals surface area (Å²) >= 11 is 1.34. The number of amides is 2. The van der Waals surface area contributed by atoms with E-state index in [0.29, 0.717) is 24.3 Å². The van der Waals surface area contributed by atoms with Crippen LogP contribution in [0, 0.1) is 0 Å². The van der Waals surface area contributed by atoms with E-state index in [-0.39, 0.29) is 18.4 Å². The molecular formula is C14H22N2O3S. The molecule has 1 rings (SSSR count). The van der Waals surface area contributed by atoms with Gasteiger partial charge in [-0.25, -0.2) is 0 Å². The Hall–Kier alpha value is -1.40. The van der Waals surface area contributed by atoms with Crippen molar-refractivity contribution in [2.45, 2.75) is 45.8 Å². The molecule has 0 aliphatic heterocycles. The molecule has 6 heteroatoms. The molecule has 112 valence electrons. The van der Waals surface area contributed by atoms with Gasteiger partial charge in [-0.3, -0.25) is 9.59 Å². The Labute approximate surface area is 123 Å². The quantitative estimate of drug-likeness (QED) is 0.716. The summed E-state index contributed by atoms with van der Waals surface area (Å²) in [4.78, 5) is 24.3. The van der Waals surface area contributed by atoms with E-state index in [0.717, 1.165) is 4.88 Å². The van der Waals surface area contributed by atoms with E-state index in [2.05, 4.69) is 10.6 Å². The van der Waals surface area contributed by atoms with Gasteiger partial charge in [0.25, 0.3) is 5.91 Å². The van der Waals surface area contributed by atoms with Crippen LogP contribution in [0.4, 0.5) is 0 Å². The van der Waals surface area contributed by atoms with Crippen LogP contribution < -0.4 is 10.6 Å². The van der Waals surface area contributed by atoms with E-state index in [1.807, 2.05) is 19.9 Å². The molecule has 0 saturated carbocycles. The first-order valence-corrected chi connectivity index (χ1v) is 7.55. The van der Waals surface area contributed by atoms with Crippen LogP contribution in [0.15, 0.2) is 12.1 Å². The molecule has 0 fully saturated rings. The maximum absolute atomic E-state index is 12.0. The van der Waals surface area contributed by atoms with Gasteiger partial charge in [-0.2, -0.15) is 0 Å². The second-order valence-corrected chi connectivity index (χ2v) is 5.96. The molecule has 0 saturated heterocycles. The Morgan fingerprint density at radius 2 is 1.90 bits per heavy atom. The fourth-order valence-corrected chi connectivity index (χ4v) is 2.50. The largest absolute Gasteiger partial charge is 0.388 e. The molecule has 0 aromatic carbocycles. The van der Waals surface area contributed by atoms with E-state index >= 15 is 0 Å². The molecule has 0 aliphatic rings. The number of rotatable bonds is 7. The summed E-state index contributed by atoms with van der Waals surface area (Å²) in [6.45, 7) is 5.93. The van der Waals surface area contributed by atoms with E-state index in [1.54, 1.807) is 6.07 Å². The molecular weight excluding hydrogens is 276 g/mol. The van der Waals surface area contributed by atoms with Crippen LogP contribution in [0.5, 0.6) is 0 Å². The predicted octanol–water partition coefficient (Wildman–Crippen LogP) is 1.67. The van der Waals surface area contributed by atoms with Gasteiger partial charge >= 0.3 is 0 Å². The lowest BCUT2D eigenvalue weighted by Gasteiger charge is -2.25. The van der Waals surface area contributed by atoms with Crippen molar-refractivity contribution in [3.63, 3.8) is 0 Å². The number of carbonyl (C=O) groups is 2. The van der Waals surface area contributed by atoms with Crippen molar-refractivity contribution in [3.8, 4) is 0 Å². The summed E-state index contributed by atoms with van der Waals surface area (Å²) in [6, 6.07) is 3.55. The smallest absolute Gasteiger partial charge is 0.261 e. The highest BCUT2D eigenvalue weighted by atomic mass is 32.1. The molecule has 0 spiro atoms. The van der Waals surface area contributed by atoms with Crippen molar-refractivity contribution >= 4 is 23.2 Å². The first kappa shape index (κ1) is 16.7. The Bertz CT molecular complexity index is 467. The third kappa shape index (κ3) is 4.94. The molecule has 2 amide bonds. The van der Waals surface area contributed by atoms with E-state index < -0.39 is 5.60 Å². The molecule has 0 aliphatic carbocycles. The zero-order chi connectivity index (χ0) is 15.2. The second kappa shape index (κ2) is 7.40. The SMILES string of the molecule is CCC(O)(CC)CNC(=O)c1ccc(CNC(C)=O)s1. The molecule has 5 nitrogen and oxygen atoms in total. The van der Waals surface area contributed by atoms with Crippen molar-refractivity contribution in [1.82, 2.24) is 10.6 Å². The average molecular weight is 298 g/mol. The first-order valence-electron chi connectivity index (χ1n) is 6.74. The van der Waals surface area contributed by atoms with Gasteiger partial charge in [-0.1, -0.05) is 13.8 Å². The number of nitrogens with one attached hydrogen (secondary N) is 2.